The number of alkyl carbamates (subject to hydrolysis) is 1. The summed E-state index contributed by atoms with van der Waals surface area (Å²) in [5.74, 6) is -0.00324. The van der Waals surface area contributed by atoms with E-state index in [-0.39, 0.29) is 23.9 Å². The second kappa shape index (κ2) is 11.6. The zero-order chi connectivity index (χ0) is 23.7. The predicted molar refractivity (Wildman–Crippen MR) is 120 cm³/mol. The molecular weight excluding hydrogens is 430 g/mol. The number of nitriles is 1. The number of carbonyl (C=O) groups is 1. The van der Waals surface area contributed by atoms with Crippen LogP contribution in [-0.4, -0.2) is 56.3 Å². The fourth-order valence-electron chi connectivity index (χ4n) is 3.23. The molecule has 2 aromatic rings. The van der Waals surface area contributed by atoms with E-state index in [0.717, 1.165) is 5.56 Å². The van der Waals surface area contributed by atoms with Gasteiger partial charge in [-0.3, -0.25) is 0 Å². The van der Waals surface area contributed by atoms with Crippen molar-refractivity contribution in [2.75, 3.05) is 20.2 Å². The molecule has 0 spiro atoms. The molecule has 0 aliphatic carbocycles. The van der Waals surface area contributed by atoms with E-state index >= 15 is 0 Å². The normalized spacial score (nSPS) is 13.4. The molecule has 0 aliphatic rings. The molecule has 1 amide bonds. The Morgan fingerprint density at radius 1 is 1.12 bits per heavy atom. The topological polar surface area (TPSA) is 120 Å². The molecule has 0 unspecified atom stereocenters. The molecule has 32 heavy (non-hydrogen) atoms. The standard InChI is InChI=1S/C23H29N3O5S/c1-17(2)15-26(32(29,30)20-11-9-19(14-24)10-12-20)16-22(27)21(25-23(28)31-3)13-18-7-5-4-6-8-18/h4-12,17,21-22,27H,13,15-16H2,1-3H3,(H,25,28)/t21-,22+/m0/s1. The number of hydrogen-bond donors (Lipinski definition) is 2. The largest absolute Gasteiger partial charge is 0.453 e. The van der Waals surface area contributed by atoms with E-state index in [9.17, 15) is 18.3 Å². The molecule has 0 fully saturated rings. The minimum Gasteiger partial charge on any atom is -0.453 e. The molecule has 2 N–H and O–H groups in total. The van der Waals surface area contributed by atoms with Gasteiger partial charge in [0.05, 0.1) is 35.8 Å². The summed E-state index contributed by atoms with van der Waals surface area (Å²) < 4.78 is 32.5. The molecule has 8 nitrogen and oxygen atoms in total. The number of carbonyl (C=O) groups excluding carboxylic acids is 1. The van der Waals surface area contributed by atoms with Crippen molar-refractivity contribution in [2.45, 2.75) is 37.3 Å². The monoisotopic (exact) mass is 459 g/mol. The third kappa shape index (κ3) is 7.05. The molecule has 9 heteroatoms. The Hall–Kier alpha value is -2.93. The maximum Gasteiger partial charge on any atom is 0.407 e. The molecule has 2 rings (SSSR count). The number of nitrogens with zero attached hydrogens (tertiary/aromatic N) is 2. The molecule has 172 valence electrons. The average Bonchev–Trinajstić information content (AvgIpc) is 2.78. The van der Waals surface area contributed by atoms with Crippen LogP contribution in [0.15, 0.2) is 59.5 Å². The van der Waals surface area contributed by atoms with Gasteiger partial charge in [-0.15, -0.1) is 0 Å². The van der Waals surface area contributed by atoms with Gasteiger partial charge < -0.3 is 15.2 Å². The third-order valence-electron chi connectivity index (χ3n) is 4.83. The van der Waals surface area contributed by atoms with Gasteiger partial charge >= 0.3 is 6.09 Å². The lowest BCUT2D eigenvalue weighted by Gasteiger charge is -2.30. The van der Waals surface area contributed by atoms with Gasteiger partial charge in [-0.2, -0.15) is 9.57 Å². The Morgan fingerprint density at radius 2 is 1.75 bits per heavy atom. The number of methoxy groups -OCH3 is 1. The van der Waals surface area contributed by atoms with E-state index in [1.165, 1.54) is 35.7 Å². The van der Waals surface area contributed by atoms with Crippen LogP contribution in [0, 0.1) is 17.2 Å². The number of amides is 1. The van der Waals surface area contributed by atoms with Crippen molar-refractivity contribution in [1.29, 1.82) is 5.26 Å². The van der Waals surface area contributed by atoms with Crippen molar-refractivity contribution in [3.63, 3.8) is 0 Å². The summed E-state index contributed by atoms with van der Waals surface area (Å²) in [7, 11) is -2.71. The van der Waals surface area contributed by atoms with Crippen LogP contribution in [0.4, 0.5) is 4.79 Å². The summed E-state index contributed by atoms with van der Waals surface area (Å²) in [4.78, 5) is 11.9. The first kappa shape index (κ1) is 25.3. The molecule has 2 atom stereocenters. The minimum atomic E-state index is -3.94. The minimum absolute atomic E-state index is 0.00324. The van der Waals surface area contributed by atoms with Crippen molar-refractivity contribution in [2.24, 2.45) is 5.92 Å². The summed E-state index contributed by atoms with van der Waals surface area (Å²) >= 11 is 0. The number of hydrogen-bond acceptors (Lipinski definition) is 6. The molecule has 0 saturated carbocycles. The van der Waals surface area contributed by atoms with Crippen molar-refractivity contribution in [3.8, 4) is 6.07 Å². The van der Waals surface area contributed by atoms with Gasteiger partial charge in [0.25, 0.3) is 0 Å². The molecule has 2 aromatic carbocycles. The van der Waals surface area contributed by atoms with Crippen LogP contribution in [0.25, 0.3) is 0 Å². The lowest BCUT2D eigenvalue weighted by Crippen LogP contribution is -2.51. The van der Waals surface area contributed by atoms with Gasteiger partial charge in [0, 0.05) is 13.1 Å². The van der Waals surface area contributed by atoms with E-state index in [4.69, 9.17) is 5.26 Å². The Labute approximate surface area is 189 Å². The smallest absolute Gasteiger partial charge is 0.407 e. The second-order valence-corrected chi connectivity index (χ2v) is 9.79. The first-order valence-electron chi connectivity index (χ1n) is 10.2. The predicted octanol–water partition coefficient (Wildman–Crippen LogP) is 2.53. The van der Waals surface area contributed by atoms with Gasteiger partial charge in [0.15, 0.2) is 0 Å². The van der Waals surface area contributed by atoms with Gasteiger partial charge in [0.1, 0.15) is 0 Å². The first-order chi connectivity index (χ1) is 15.2. The van der Waals surface area contributed by atoms with E-state index in [2.05, 4.69) is 10.1 Å². The fraction of sp³-hybridized carbons (Fsp3) is 0.391. The summed E-state index contributed by atoms with van der Waals surface area (Å²) in [6.07, 6.45) is -1.61. The van der Waals surface area contributed by atoms with E-state index in [1.807, 2.05) is 50.2 Å². The van der Waals surface area contributed by atoms with E-state index in [0.29, 0.717) is 12.0 Å². The fourth-order valence-corrected chi connectivity index (χ4v) is 4.85. The van der Waals surface area contributed by atoms with Crippen LogP contribution >= 0.6 is 0 Å². The Kier molecular flexibility index (Phi) is 9.20. The highest BCUT2D eigenvalue weighted by atomic mass is 32.2. The highest BCUT2D eigenvalue weighted by molar-refractivity contribution is 7.89. The zero-order valence-corrected chi connectivity index (χ0v) is 19.2. The highest BCUT2D eigenvalue weighted by Gasteiger charge is 2.31. The van der Waals surface area contributed by atoms with Crippen molar-refractivity contribution >= 4 is 16.1 Å². The number of aliphatic hydroxyl groups is 1. The lowest BCUT2D eigenvalue weighted by molar-refractivity contribution is 0.0944. The number of benzene rings is 2. The van der Waals surface area contributed by atoms with Crippen LogP contribution in [0.1, 0.15) is 25.0 Å². The van der Waals surface area contributed by atoms with Gasteiger partial charge in [0.2, 0.25) is 10.0 Å². The quantitative estimate of drug-likeness (QED) is 0.563. The van der Waals surface area contributed by atoms with Crippen molar-refractivity contribution < 1.29 is 23.1 Å². The number of aliphatic hydroxyl groups excluding tert-OH is 1. The SMILES string of the molecule is COC(=O)N[C@@H](Cc1ccccc1)[C@H](O)CN(CC(C)C)S(=O)(=O)c1ccc(C#N)cc1. The summed E-state index contributed by atoms with van der Waals surface area (Å²) in [6, 6.07) is 16.1. The average molecular weight is 460 g/mol. The Balaban J connectivity index is 2.30. The van der Waals surface area contributed by atoms with E-state index < -0.39 is 28.3 Å². The molecule has 0 aromatic heterocycles. The lowest BCUT2D eigenvalue weighted by atomic mass is 10.0. The van der Waals surface area contributed by atoms with Gasteiger partial charge in [-0.25, -0.2) is 13.2 Å². The Morgan fingerprint density at radius 3 is 2.28 bits per heavy atom. The van der Waals surface area contributed by atoms with Crippen LogP contribution in [0.5, 0.6) is 0 Å². The number of sulfonamides is 1. The number of rotatable bonds is 10. The zero-order valence-electron chi connectivity index (χ0n) is 18.4. The molecule has 0 saturated heterocycles. The second-order valence-electron chi connectivity index (χ2n) is 7.85. The molecule has 0 aliphatic heterocycles. The molecule has 0 heterocycles. The Bertz CT molecular complexity index is 1020. The van der Waals surface area contributed by atoms with Gasteiger partial charge in [-0.05, 0) is 42.2 Å². The summed E-state index contributed by atoms with van der Waals surface area (Å²) in [5, 5.41) is 22.5. The van der Waals surface area contributed by atoms with Crippen LogP contribution < -0.4 is 5.32 Å². The number of ether oxygens (including phenoxy) is 1. The molecular formula is C23H29N3O5S. The maximum absolute atomic E-state index is 13.3. The summed E-state index contributed by atoms with van der Waals surface area (Å²) in [5.41, 5.74) is 1.22. The molecule has 0 bridgehead atoms. The first-order valence-corrected chi connectivity index (χ1v) is 11.7. The van der Waals surface area contributed by atoms with Crippen molar-refractivity contribution in [1.82, 2.24) is 9.62 Å². The number of nitrogens with one attached hydrogen (secondary N) is 1. The third-order valence-corrected chi connectivity index (χ3v) is 6.68. The van der Waals surface area contributed by atoms with Crippen LogP contribution in [-0.2, 0) is 21.2 Å². The maximum atomic E-state index is 13.3. The van der Waals surface area contributed by atoms with Crippen molar-refractivity contribution in [3.05, 3.63) is 65.7 Å². The van der Waals surface area contributed by atoms with Crippen LogP contribution in [0.3, 0.4) is 0 Å². The molecule has 0 radical (unpaired) electrons. The van der Waals surface area contributed by atoms with E-state index in [1.54, 1.807) is 0 Å². The van der Waals surface area contributed by atoms with Crippen LogP contribution in [0.2, 0.25) is 0 Å². The highest BCUT2D eigenvalue weighted by Crippen LogP contribution is 2.19. The van der Waals surface area contributed by atoms with Gasteiger partial charge in [-0.1, -0.05) is 44.2 Å². The summed E-state index contributed by atoms with van der Waals surface area (Å²) in [6.45, 7) is 3.71.